The highest BCUT2D eigenvalue weighted by atomic mass is 35.5. The summed E-state index contributed by atoms with van der Waals surface area (Å²) in [6.07, 6.45) is 0. The second kappa shape index (κ2) is 6.52. The number of hydrogen-bond acceptors (Lipinski definition) is 2. The highest BCUT2D eigenvalue weighted by molar-refractivity contribution is 6.39. The summed E-state index contributed by atoms with van der Waals surface area (Å²) < 4.78 is 13.1. The molecule has 0 saturated carbocycles. The molecule has 110 valence electrons. The van der Waals surface area contributed by atoms with E-state index in [1.165, 1.54) is 6.07 Å². The zero-order valence-electron chi connectivity index (χ0n) is 10.6. The Morgan fingerprint density at radius 3 is 2.24 bits per heavy atom. The smallest absolute Gasteiger partial charge is 0.248 e. The summed E-state index contributed by atoms with van der Waals surface area (Å²) >= 11 is 17.9. The number of primary amides is 1. The molecule has 2 rings (SSSR count). The first-order valence-electron chi connectivity index (χ1n) is 5.85. The summed E-state index contributed by atoms with van der Waals surface area (Å²) in [6, 6.07) is 7.04. The van der Waals surface area contributed by atoms with Crippen molar-refractivity contribution in [3.63, 3.8) is 0 Å². The first-order chi connectivity index (χ1) is 9.88. The van der Waals surface area contributed by atoms with Crippen molar-refractivity contribution in [3.05, 3.63) is 62.3 Å². The fraction of sp³-hybridized carbons (Fsp3) is 0.0714. The Kier molecular flexibility index (Phi) is 4.93. The van der Waals surface area contributed by atoms with E-state index in [1.54, 1.807) is 12.1 Å². The van der Waals surface area contributed by atoms with Crippen molar-refractivity contribution < 1.29 is 9.18 Å². The lowest BCUT2D eigenvalue weighted by atomic mass is 10.1. The molecule has 2 aromatic carbocycles. The fourth-order valence-electron chi connectivity index (χ4n) is 1.74. The number of rotatable bonds is 4. The van der Waals surface area contributed by atoms with E-state index in [0.717, 1.165) is 17.7 Å². The van der Waals surface area contributed by atoms with Gasteiger partial charge < -0.3 is 11.1 Å². The SMILES string of the molecule is NC(=O)c1ccc(CNc2c(Cl)cc(F)cc2Cl)c(Cl)c1. The van der Waals surface area contributed by atoms with Crippen molar-refractivity contribution in [3.8, 4) is 0 Å². The third kappa shape index (κ3) is 3.79. The average Bonchev–Trinajstić information content (AvgIpc) is 2.38. The Morgan fingerprint density at radius 2 is 1.71 bits per heavy atom. The maximum atomic E-state index is 13.1. The van der Waals surface area contributed by atoms with Crippen molar-refractivity contribution in [2.75, 3.05) is 5.32 Å². The largest absolute Gasteiger partial charge is 0.378 e. The summed E-state index contributed by atoms with van der Waals surface area (Å²) in [5.41, 5.74) is 6.62. The van der Waals surface area contributed by atoms with Crippen LogP contribution in [0.25, 0.3) is 0 Å². The Labute approximate surface area is 135 Å². The van der Waals surface area contributed by atoms with E-state index in [1.807, 2.05) is 0 Å². The number of nitrogens with one attached hydrogen (secondary N) is 1. The third-order valence-electron chi connectivity index (χ3n) is 2.80. The Morgan fingerprint density at radius 1 is 1.10 bits per heavy atom. The van der Waals surface area contributed by atoms with E-state index >= 15 is 0 Å². The van der Waals surface area contributed by atoms with Crippen LogP contribution in [0.15, 0.2) is 30.3 Å². The molecule has 7 heteroatoms. The van der Waals surface area contributed by atoms with E-state index in [2.05, 4.69) is 5.32 Å². The Hall–Kier alpha value is -1.49. The van der Waals surface area contributed by atoms with Crippen molar-refractivity contribution >= 4 is 46.4 Å². The second-order valence-electron chi connectivity index (χ2n) is 4.27. The minimum atomic E-state index is -0.555. The first-order valence-corrected chi connectivity index (χ1v) is 6.98. The molecular formula is C14H10Cl3FN2O. The number of nitrogens with two attached hydrogens (primary N) is 1. The molecule has 0 spiro atoms. The molecule has 0 radical (unpaired) electrons. The van der Waals surface area contributed by atoms with Gasteiger partial charge in [0.1, 0.15) is 5.82 Å². The van der Waals surface area contributed by atoms with Gasteiger partial charge in [0.25, 0.3) is 0 Å². The molecule has 0 saturated heterocycles. The lowest BCUT2D eigenvalue weighted by Crippen LogP contribution is -2.11. The average molecular weight is 348 g/mol. The summed E-state index contributed by atoms with van der Waals surface area (Å²) in [6.45, 7) is 0.308. The van der Waals surface area contributed by atoms with Gasteiger partial charge in [0.2, 0.25) is 5.91 Å². The van der Waals surface area contributed by atoms with Crippen molar-refractivity contribution in [1.29, 1.82) is 0 Å². The molecule has 0 bridgehead atoms. The fourth-order valence-corrected chi connectivity index (χ4v) is 2.58. The number of benzene rings is 2. The normalized spacial score (nSPS) is 10.5. The van der Waals surface area contributed by atoms with Gasteiger partial charge in [-0.25, -0.2) is 4.39 Å². The summed E-state index contributed by atoms with van der Waals surface area (Å²) in [7, 11) is 0. The minimum Gasteiger partial charge on any atom is -0.378 e. The first kappa shape index (κ1) is 15.9. The molecule has 2 aromatic rings. The van der Waals surface area contributed by atoms with E-state index in [9.17, 15) is 9.18 Å². The van der Waals surface area contributed by atoms with E-state index in [4.69, 9.17) is 40.5 Å². The molecule has 1 amide bonds. The highest BCUT2D eigenvalue weighted by Gasteiger charge is 2.10. The van der Waals surface area contributed by atoms with Crippen molar-refractivity contribution in [1.82, 2.24) is 0 Å². The van der Waals surface area contributed by atoms with Crippen LogP contribution in [0.5, 0.6) is 0 Å². The molecule has 0 aromatic heterocycles. The molecule has 0 atom stereocenters. The van der Waals surface area contributed by atoms with Gasteiger partial charge in [0.05, 0.1) is 15.7 Å². The molecule has 0 unspecified atom stereocenters. The van der Waals surface area contributed by atoms with Crippen LogP contribution in [0, 0.1) is 5.82 Å². The lowest BCUT2D eigenvalue weighted by Gasteiger charge is -2.12. The summed E-state index contributed by atoms with van der Waals surface area (Å²) in [4.78, 5) is 11.0. The van der Waals surface area contributed by atoms with Gasteiger partial charge >= 0.3 is 0 Å². The van der Waals surface area contributed by atoms with Crippen LogP contribution in [-0.4, -0.2) is 5.91 Å². The number of hydrogen-bond donors (Lipinski definition) is 2. The van der Waals surface area contributed by atoms with Gasteiger partial charge in [-0.3, -0.25) is 4.79 Å². The van der Waals surface area contributed by atoms with E-state index in [-0.39, 0.29) is 10.0 Å². The molecule has 0 fully saturated rings. The number of amides is 1. The number of carbonyl (C=O) groups is 1. The second-order valence-corrected chi connectivity index (χ2v) is 5.49. The van der Waals surface area contributed by atoms with Crippen LogP contribution in [0.3, 0.4) is 0 Å². The Bertz CT molecular complexity index is 684. The molecule has 0 aliphatic carbocycles. The predicted molar refractivity (Wildman–Crippen MR) is 83.7 cm³/mol. The molecule has 3 N–H and O–H groups in total. The van der Waals surface area contributed by atoms with Crippen LogP contribution in [0.1, 0.15) is 15.9 Å². The van der Waals surface area contributed by atoms with Crippen molar-refractivity contribution in [2.24, 2.45) is 5.73 Å². The summed E-state index contributed by atoms with van der Waals surface area (Å²) in [5, 5.41) is 3.71. The quantitative estimate of drug-likeness (QED) is 0.855. The summed E-state index contributed by atoms with van der Waals surface area (Å²) in [5.74, 6) is -1.07. The maximum absolute atomic E-state index is 13.1. The van der Waals surface area contributed by atoms with Gasteiger partial charge in [-0.1, -0.05) is 40.9 Å². The zero-order valence-corrected chi connectivity index (χ0v) is 12.9. The molecule has 0 aliphatic rings. The molecule has 0 heterocycles. The van der Waals surface area contributed by atoms with Gasteiger partial charge in [0.15, 0.2) is 0 Å². The van der Waals surface area contributed by atoms with Gasteiger partial charge in [-0.2, -0.15) is 0 Å². The Balaban J connectivity index is 2.19. The van der Waals surface area contributed by atoms with Crippen LogP contribution in [0.4, 0.5) is 10.1 Å². The lowest BCUT2D eigenvalue weighted by molar-refractivity contribution is 0.100. The standard InChI is InChI=1S/C14H10Cl3FN2O/c15-10-3-7(14(19)21)1-2-8(10)6-20-13-11(16)4-9(18)5-12(13)17/h1-5,20H,6H2,(H2,19,21). The number of halogens is 4. The monoisotopic (exact) mass is 346 g/mol. The maximum Gasteiger partial charge on any atom is 0.248 e. The predicted octanol–water partition coefficient (Wildman–Crippen LogP) is 4.50. The van der Waals surface area contributed by atoms with Gasteiger partial charge in [0, 0.05) is 17.1 Å². The van der Waals surface area contributed by atoms with E-state index < -0.39 is 11.7 Å². The molecular weight excluding hydrogens is 338 g/mol. The number of anilines is 1. The topological polar surface area (TPSA) is 55.1 Å². The van der Waals surface area contributed by atoms with Crippen LogP contribution in [0.2, 0.25) is 15.1 Å². The van der Waals surface area contributed by atoms with Crippen molar-refractivity contribution in [2.45, 2.75) is 6.54 Å². The van der Waals surface area contributed by atoms with Crippen LogP contribution < -0.4 is 11.1 Å². The zero-order chi connectivity index (χ0) is 15.6. The van der Waals surface area contributed by atoms with Gasteiger partial charge in [-0.15, -0.1) is 0 Å². The molecule has 0 aliphatic heterocycles. The highest BCUT2D eigenvalue weighted by Crippen LogP contribution is 2.32. The van der Waals surface area contributed by atoms with Crippen LogP contribution in [-0.2, 0) is 6.54 Å². The number of carbonyl (C=O) groups excluding carboxylic acids is 1. The molecule has 21 heavy (non-hydrogen) atoms. The van der Waals surface area contributed by atoms with Crippen LogP contribution >= 0.6 is 34.8 Å². The minimum absolute atomic E-state index is 0.171. The van der Waals surface area contributed by atoms with E-state index in [0.29, 0.717) is 22.8 Å². The third-order valence-corrected chi connectivity index (χ3v) is 3.75. The molecule has 3 nitrogen and oxygen atoms in total. The van der Waals surface area contributed by atoms with Gasteiger partial charge in [-0.05, 0) is 29.8 Å².